The second-order valence-corrected chi connectivity index (χ2v) is 4.67. The summed E-state index contributed by atoms with van der Waals surface area (Å²) in [6.45, 7) is 12.4. The first-order valence-electron chi connectivity index (χ1n) is 6.70. The molecule has 2 heteroatoms. The molecule has 0 unspecified atom stereocenters. The van der Waals surface area contributed by atoms with Gasteiger partial charge in [0.1, 0.15) is 0 Å². The Bertz CT molecular complexity index is 119. The van der Waals surface area contributed by atoms with Gasteiger partial charge in [0.15, 0.2) is 0 Å². The number of hydrogen-bond donors (Lipinski definition) is 1. The minimum atomic E-state index is 0.352. The van der Waals surface area contributed by atoms with Gasteiger partial charge in [-0.3, -0.25) is 0 Å². The first-order chi connectivity index (χ1) is 7.24. The predicted octanol–water partition coefficient (Wildman–Crippen LogP) is 2.81. The lowest BCUT2D eigenvalue weighted by Crippen LogP contribution is -2.50. The fourth-order valence-corrected chi connectivity index (χ4v) is 2.65. The second-order valence-electron chi connectivity index (χ2n) is 4.67. The number of rotatable bonds is 10. The van der Waals surface area contributed by atoms with Crippen molar-refractivity contribution in [3.63, 3.8) is 0 Å². The van der Waals surface area contributed by atoms with E-state index < -0.39 is 0 Å². The van der Waals surface area contributed by atoms with Crippen molar-refractivity contribution in [2.24, 2.45) is 0 Å². The maximum absolute atomic E-state index is 8.85. The normalized spacial score (nSPS) is 12.0. The van der Waals surface area contributed by atoms with Crippen molar-refractivity contribution in [1.82, 2.24) is 0 Å². The molecule has 0 saturated carbocycles. The second kappa shape index (κ2) is 9.17. The van der Waals surface area contributed by atoms with Crippen LogP contribution in [0.4, 0.5) is 0 Å². The van der Waals surface area contributed by atoms with E-state index in [0.29, 0.717) is 6.61 Å². The summed E-state index contributed by atoms with van der Waals surface area (Å²) in [6.07, 6.45) is 5.98. The molecule has 0 fully saturated rings. The number of nitrogens with zero attached hydrogens (tertiary/aromatic N) is 1. The molecule has 0 amide bonds. The minimum absolute atomic E-state index is 0.352. The van der Waals surface area contributed by atoms with E-state index in [1.165, 1.54) is 56.3 Å². The molecule has 0 aliphatic rings. The van der Waals surface area contributed by atoms with E-state index in [1.54, 1.807) is 0 Å². The van der Waals surface area contributed by atoms with Gasteiger partial charge in [-0.05, 0) is 32.1 Å². The van der Waals surface area contributed by atoms with Gasteiger partial charge in [0.2, 0.25) is 0 Å². The first kappa shape index (κ1) is 14.9. The summed E-state index contributed by atoms with van der Waals surface area (Å²) in [4.78, 5) is 0. The standard InChI is InChI=1S/C13H30NO/c1-4-9-14(10-5-2,11-6-3)12-7-8-13-15/h15H,4-13H2,1-3H3/q+1. The predicted molar refractivity (Wildman–Crippen MR) is 66.9 cm³/mol. The molecule has 0 aliphatic heterocycles. The zero-order valence-corrected chi connectivity index (χ0v) is 11.0. The minimum Gasteiger partial charge on any atom is -0.396 e. The molecule has 2 nitrogen and oxygen atoms in total. The van der Waals surface area contributed by atoms with Gasteiger partial charge in [0.05, 0.1) is 26.2 Å². The zero-order chi connectivity index (χ0) is 11.6. The fourth-order valence-electron chi connectivity index (χ4n) is 2.65. The Morgan fingerprint density at radius 3 is 1.53 bits per heavy atom. The Morgan fingerprint density at radius 1 is 0.733 bits per heavy atom. The number of unbranched alkanes of at least 4 members (excludes halogenated alkanes) is 1. The molecule has 0 bridgehead atoms. The quantitative estimate of drug-likeness (QED) is 0.440. The molecule has 0 saturated heterocycles. The van der Waals surface area contributed by atoms with Crippen LogP contribution in [-0.4, -0.2) is 42.4 Å². The van der Waals surface area contributed by atoms with Crippen LogP contribution in [0.15, 0.2) is 0 Å². The molecule has 1 N–H and O–H groups in total. The van der Waals surface area contributed by atoms with E-state index in [1.807, 2.05) is 0 Å². The molecular weight excluding hydrogens is 186 g/mol. The van der Waals surface area contributed by atoms with Crippen molar-refractivity contribution in [1.29, 1.82) is 0 Å². The lowest BCUT2D eigenvalue weighted by Gasteiger charge is -2.38. The van der Waals surface area contributed by atoms with Crippen LogP contribution in [-0.2, 0) is 0 Å². The molecular formula is C13H30NO+. The highest BCUT2D eigenvalue weighted by Crippen LogP contribution is 2.13. The van der Waals surface area contributed by atoms with Gasteiger partial charge in [0, 0.05) is 6.61 Å². The van der Waals surface area contributed by atoms with Crippen LogP contribution < -0.4 is 0 Å². The zero-order valence-electron chi connectivity index (χ0n) is 11.0. The van der Waals surface area contributed by atoms with Gasteiger partial charge in [-0.25, -0.2) is 0 Å². The summed E-state index contributed by atoms with van der Waals surface area (Å²) in [7, 11) is 0. The molecule has 15 heavy (non-hydrogen) atoms. The van der Waals surface area contributed by atoms with Crippen LogP contribution in [0.3, 0.4) is 0 Å². The Hall–Kier alpha value is -0.0800. The Labute approximate surface area is 95.9 Å². The van der Waals surface area contributed by atoms with E-state index in [2.05, 4.69) is 20.8 Å². The van der Waals surface area contributed by atoms with Crippen molar-refractivity contribution in [2.75, 3.05) is 32.8 Å². The SMILES string of the molecule is CCC[N+](CCC)(CCC)CCCCO. The van der Waals surface area contributed by atoms with Crippen LogP contribution in [0.1, 0.15) is 52.9 Å². The number of hydrogen-bond acceptors (Lipinski definition) is 1. The molecule has 92 valence electrons. The lowest BCUT2D eigenvalue weighted by atomic mass is 10.2. The maximum atomic E-state index is 8.85. The van der Waals surface area contributed by atoms with Gasteiger partial charge in [-0.2, -0.15) is 0 Å². The van der Waals surface area contributed by atoms with Gasteiger partial charge in [0.25, 0.3) is 0 Å². The number of aliphatic hydroxyl groups excluding tert-OH is 1. The van der Waals surface area contributed by atoms with E-state index in [0.717, 1.165) is 6.42 Å². The third-order valence-corrected chi connectivity index (χ3v) is 3.13. The van der Waals surface area contributed by atoms with Crippen LogP contribution in [0.2, 0.25) is 0 Å². The van der Waals surface area contributed by atoms with E-state index in [9.17, 15) is 0 Å². The van der Waals surface area contributed by atoms with Gasteiger partial charge in [-0.15, -0.1) is 0 Å². The fraction of sp³-hybridized carbons (Fsp3) is 1.00. The monoisotopic (exact) mass is 216 g/mol. The van der Waals surface area contributed by atoms with Crippen molar-refractivity contribution >= 4 is 0 Å². The number of aliphatic hydroxyl groups is 1. The summed E-state index contributed by atoms with van der Waals surface area (Å²) >= 11 is 0. The van der Waals surface area contributed by atoms with Crippen LogP contribution in [0, 0.1) is 0 Å². The molecule has 0 aromatic heterocycles. The third-order valence-electron chi connectivity index (χ3n) is 3.13. The van der Waals surface area contributed by atoms with Gasteiger partial charge < -0.3 is 9.59 Å². The maximum Gasteiger partial charge on any atom is 0.0787 e. The summed E-state index contributed by atoms with van der Waals surface area (Å²) in [5.74, 6) is 0. The summed E-state index contributed by atoms with van der Waals surface area (Å²) in [5.41, 5.74) is 0. The van der Waals surface area contributed by atoms with Crippen molar-refractivity contribution in [3.05, 3.63) is 0 Å². The molecule has 0 aromatic carbocycles. The van der Waals surface area contributed by atoms with Crippen LogP contribution >= 0.6 is 0 Å². The average Bonchev–Trinajstić information content (AvgIpc) is 2.19. The Kier molecular flexibility index (Phi) is 9.12. The third kappa shape index (κ3) is 6.16. The summed E-state index contributed by atoms with van der Waals surface area (Å²) < 4.78 is 1.28. The molecule has 0 rings (SSSR count). The van der Waals surface area contributed by atoms with Gasteiger partial charge in [-0.1, -0.05) is 20.8 Å². The topological polar surface area (TPSA) is 20.2 Å². The van der Waals surface area contributed by atoms with E-state index in [4.69, 9.17) is 5.11 Å². The number of quaternary nitrogens is 1. The molecule has 0 radical (unpaired) electrons. The highest BCUT2D eigenvalue weighted by molar-refractivity contribution is 4.46. The highest BCUT2D eigenvalue weighted by atomic mass is 16.2. The molecule has 0 aromatic rings. The molecule has 0 spiro atoms. The summed E-state index contributed by atoms with van der Waals surface area (Å²) in [5, 5.41) is 8.85. The lowest BCUT2D eigenvalue weighted by molar-refractivity contribution is -0.928. The van der Waals surface area contributed by atoms with E-state index in [-0.39, 0.29) is 0 Å². The Morgan fingerprint density at radius 2 is 1.20 bits per heavy atom. The molecule has 0 heterocycles. The molecule has 0 aliphatic carbocycles. The Balaban J connectivity index is 4.18. The van der Waals surface area contributed by atoms with Gasteiger partial charge >= 0.3 is 0 Å². The average molecular weight is 216 g/mol. The van der Waals surface area contributed by atoms with Crippen LogP contribution in [0.25, 0.3) is 0 Å². The largest absolute Gasteiger partial charge is 0.396 e. The smallest absolute Gasteiger partial charge is 0.0787 e. The van der Waals surface area contributed by atoms with Crippen molar-refractivity contribution < 1.29 is 9.59 Å². The van der Waals surface area contributed by atoms with Crippen LogP contribution in [0.5, 0.6) is 0 Å². The highest BCUT2D eigenvalue weighted by Gasteiger charge is 2.23. The van der Waals surface area contributed by atoms with Crippen molar-refractivity contribution in [3.8, 4) is 0 Å². The first-order valence-corrected chi connectivity index (χ1v) is 6.70. The van der Waals surface area contributed by atoms with E-state index >= 15 is 0 Å². The van der Waals surface area contributed by atoms with Crippen molar-refractivity contribution in [2.45, 2.75) is 52.9 Å². The summed E-state index contributed by atoms with van der Waals surface area (Å²) in [6, 6.07) is 0. The molecule has 0 atom stereocenters.